The van der Waals surface area contributed by atoms with E-state index >= 15 is 0 Å². The number of sulfonamides is 1. The van der Waals surface area contributed by atoms with Gasteiger partial charge in [0.2, 0.25) is 21.8 Å². The third-order valence-electron chi connectivity index (χ3n) is 5.85. The zero-order valence-electron chi connectivity index (χ0n) is 22.2. The number of carbonyl (C=O) groups excluding carboxylic acids is 2. The average Bonchev–Trinajstić information content (AvgIpc) is 2.78. The number of nitrogens with one attached hydrogen (secondary N) is 1. The Balaban J connectivity index is 2.39. The van der Waals surface area contributed by atoms with Crippen LogP contribution in [0.5, 0.6) is 0 Å². The summed E-state index contributed by atoms with van der Waals surface area (Å²) in [5, 5.41) is 2.79. The van der Waals surface area contributed by atoms with E-state index in [9.17, 15) is 22.4 Å². The van der Waals surface area contributed by atoms with Crippen molar-refractivity contribution < 1.29 is 22.4 Å². The third kappa shape index (κ3) is 8.05. The van der Waals surface area contributed by atoms with Crippen molar-refractivity contribution in [1.29, 1.82) is 0 Å². The number of hydrogen-bond donors (Lipinski definition) is 1. The fraction of sp³-hybridized carbons (Fsp3) is 0.481. The van der Waals surface area contributed by atoms with Crippen LogP contribution in [0.15, 0.2) is 48.5 Å². The van der Waals surface area contributed by atoms with Gasteiger partial charge in [0.1, 0.15) is 18.4 Å². The van der Waals surface area contributed by atoms with Crippen LogP contribution in [0.4, 0.5) is 10.1 Å². The van der Waals surface area contributed by atoms with E-state index in [0.29, 0.717) is 12.2 Å². The fourth-order valence-electron chi connectivity index (χ4n) is 3.59. The lowest BCUT2D eigenvalue weighted by molar-refractivity contribution is -0.139. The van der Waals surface area contributed by atoms with Crippen molar-refractivity contribution in [3.05, 3.63) is 65.5 Å². The van der Waals surface area contributed by atoms with Gasteiger partial charge in [-0.25, -0.2) is 12.8 Å². The number of anilines is 1. The second-order valence-corrected chi connectivity index (χ2v) is 12.4. The van der Waals surface area contributed by atoms with E-state index in [2.05, 4.69) is 5.32 Å². The monoisotopic (exact) mass is 519 g/mol. The maximum atomic E-state index is 14.4. The first kappa shape index (κ1) is 29.3. The summed E-state index contributed by atoms with van der Waals surface area (Å²) in [6, 6.07) is 12.0. The first-order chi connectivity index (χ1) is 16.6. The van der Waals surface area contributed by atoms with Gasteiger partial charge in [0, 0.05) is 18.7 Å². The molecule has 2 aromatic rings. The highest BCUT2D eigenvalue weighted by Gasteiger charge is 2.30. The van der Waals surface area contributed by atoms with Gasteiger partial charge in [-0.2, -0.15) is 0 Å². The first-order valence-electron chi connectivity index (χ1n) is 12.0. The molecule has 1 atom stereocenters. The number of amides is 2. The van der Waals surface area contributed by atoms with E-state index in [4.69, 9.17) is 0 Å². The molecule has 0 bridgehead atoms. The molecule has 0 spiro atoms. The van der Waals surface area contributed by atoms with Gasteiger partial charge in [-0.05, 0) is 42.0 Å². The Hall–Kier alpha value is -2.94. The summed E-state index contributed by atoms with van der Waals surface area (Å²) in [5.41, 5.74) is 1.46. The van der Waals surface area contributed by atoms with Crippen molar-refractivity contribution in [3.8, 4) is 0 Å². The largest absolute Gasteiger partial charge is 0.354 e. The summed E-state index contributed by atoms with van der Waals surface area (Å²) in [5.74, 6) is -1.32. The molecule has 0 fully saturated rings. The van der Waals surface area contributed by atoms with Gasteiger partial charge in [-0.15, -0.1) is 0 Å². The highest BCUT2D eigenvalue weighted by molar-refractivity contribution is 7.92. The molecule has 0 saturated heterocycles. The summed E-state index contributed by atoms with van der Waals surface area (Å²) in [4.78, 5) is 27.6. The predicted molar refractivity (Wildman–Crippen MR) is 142 cm³/mol. The molecule has 0 aromatic heterocycles. The number of benzene rings is 2. The van der Waals surface area contributed by atoms with Crippen molar-refractivity contribution in [2.75, 3.05) is 23.7 Å². The van der Waals surface area contributed by atoms with E-state index in [1.165, 1.54) is 23.1 Å². The maximum absolute atomic E-state index is 14.4. The minimum Gasteiger partial charge on any atom is -0.354 e. The molecular weight excluding hydrogens is 481 g/mol. The van der Waals surface area contributed by atoms with E-state index < -0.39 is 40.2 Å². The van der Waals surface area contributed by atoms with Crippen LogP contribution in [0, 0.1) is 11.7 Å². The second kappa shape index (κ2) is 11.9. The second-order valence-electron chi connectivity index (χ2n) is 10.5. The molecule has 9 heteroatoms. The van der Waals surface area contributed by atoms with Gasteiger partial charge >= 0.3 is 0 Å². The number of carbonyl (C=O) groups is 2. The van der Waals surface area contributed by atoms with E-state index in [1.54, 1.807) is 25.1 Å². The summed E-state index contributed by atoms with van der Waals surface area (Å²) in [7, 11) is -3.83. The Morgan fingerprint density at radius 1 is 1.00 bits per heavy atom. The topological polar surface area (TPSA) is 86.8 Å². The molecule has 1 unspecified atom stereocenters. The van der Waals surface area contributed by atoms with Crippen LogP contribution in [0.2, 0.25) is 0 Å². The smallest absolute Gasteiger partial charge is 0.244 e. The quantitative estimate of drug-likeness (QED) is 0.513. The highest BCUT2D eigenvalue weighted by Crippen LogP contribution is 2.26. The predicted octanol–water partition coefficient (Wildman–Crippen LogP) is 4.08. The van der Waals surface area contributed by atoms with Crippen molar-refractivity contribution >= 4 is 27.5 Å². The van der Waals surface area contributed by atoms with Crippen LogP contribution in [0.25, 0.3) is 0 Å². The molecule has 0 heterocycles. The number of hydrogen-bond acceptors (Lipinski definition) is 4. The van der Waals surface area contributed by atoms with E-state index in [0.717, 1.165) is 16.1 Å². The summed E-state index contributed by atoms with van der Waals surface area (Å²) in [6.07, 6.45) is 1.03. The standard InChI is InChI=1S/C27H38FN3O4S/c1-19(2)16-29-26(33)20(3)30(17-21-10-8-9-11-24(21)28)25(32)18-31(36(7,34)35)23-14-12-22(13-15-23)27(4,5)6/h8-15,19-20H,16-18H2,1-7H3,(H,29,33). The van der Waals surface area contributed by atoms with Gasteiger partial charge in [-0.3, -0.25) is 13.9 Å². The van der Waals surface area contributed by atoms with E-state index in [-0.39, 0.29) is 23.4 Å². The molecule has 2 amide bonds. The van der Waals surface area contributed by atoms with Crippen molar-refractivity contribution in [2.24, 2.45) is 5.92 Å². The minimum atomic E-state index is -3.83. The fourth-order valence-corrected chi connectivity index (χ4v) is 4.44. The normalized spacial score (nSPS) is 12.8. The lowest BCUT2D eigenvalue weighted by Crippen LogP contribution is -2.51. The first-order valence-corrected chi connectivity index (χ1v) is 13.8. The Morgan fingerprint density at radius 3 is 2.08 bits per heavy atom. The Labute approximate surface area is 214 Å². The lowest BCUT2D eigenvalue weighted by Gasteiger charge is -2.32. The number of halogens is 1. The molecule has 0 aliphatic carbocycles. The molecule has 198 valence electrons. The van der Waals surface area contributed by atoms with E-state index in [1.807, 2.05) is 46.8 Å². The Morgan fingerprint density at radius 2 is 1.58 bits per heavy atom. The molecule has 0 radical (unpaired) electrons. The summed E-state index contributed by atoms with van der Waals surface area (Å²) in [6.45, 7) is 11.3. The molecular formula is C27H38FN3O4S. The molecule has 0 aliphatic rings. The zero-order chi connectivity index (χ0) is 27.3. The highest BCUT2D eigenvalue weighted by atomic mass is 32.2. The van der Waals surface area contributed by atoms with Crippen LogP contribution in [-0.4, -0.2) is 50.5 Å². The molecule has 2 rings (SSSR count). The van der Waals surface area contributed by atoms with Crippen LogP contribution in [0.3, 0.4) is 0 Å². The van der Waals surface area contributed by atoms with Crippen molar-refractivity contribution in [3.63, 3.8) is 0 Å². The maximum Gasteiger partial charge on any atom is 0.244 e. The van der Waals surface area contributed by atoms with Crippen LogP contribution >= 0.6 is 0 Å². The Bertz CT molecular complexity index is 1160. The van der Waals surface area contributed by atoms with Crippen molar-refractivity contribution in [2.45, 2.75) is 59.5 Å². The minimum absolute atomic E-state index is 0.125. The molecule has 7 nitrogen and oxygen atoms in total. The van der Waals surface area contributed by atoms with Gasteiger partial charge in [0.05, 0.1) is 11.9 Å². The SMILES string of the molecule is CC(C)CNC(=O)C(C)N(Cc1ccccc1F)C(=O)CN(c1ccc(C(C)(C)C)cc1)S(C)(=O)=O. The Kier molecular flexibility index (Phi) is 9.65. The van der Waals surface area contributed by atoms with Gasteiger partial charge in [0.15, 0.2) is 0 Å². The van der Waals surface area contributed by atoms with Gasteiger partial charge in [-0.1, -0.05) is 65.0 Å². The lowest BCUT2D eigenvalue weighted by atomic mass is 9.87. The van der Waals surface area contributed by atoms with Gasteiger partial charge in [0.25, 0.3) is 0 Å². The van der Waals surface area contributed by atoms with Crippen LogP contribution < -0.4 is 9.62 Å². The summed E-state index contributed by atoms with van der Waals surface area (Å²) >= 11 is 0. The number of rotatable bonds is 10. The number of nitrogens with zero attached hydrogens (tertiary/aromatic N) is 2. The average molecular weight is 520 g/mol. The van der Waals surface area contributed by atoms with Crippen molar-refractivity contribution in [1.82, 2.24) is 10.2 Å². The molecule has 36 heavy (non-hydrogen) atoms. The molecule has 2 aromatic carbocycles. The van der Waals surface area contributed by atoms with Crippen LogP contribution in [0.1, 0.15) is 52.7 Å². The molecule has 0 aliphatic heterocycles. The third-order valence-corrected chi connectivity index (χ3v) is 6.99. The van der Waals surface area contributed by atoms with Crippen LogP contribution in [-0.2, 0) is 31.6 Å². The molecule has 1 N–H and O–H groups in total. The molecule has 0 saturated carbocycles. The van der Waals surface area contributed by atoms with Gasteiger partial charge < -0.3 is 10.2 Å². The summed E-state index contributed by atoms with van der Waals surface area (Å²) < 4.78 is 40.8. The zero-order valence-corrected chi connectivity index (χ0v) is 23.0.